The number of amidine groups is 1. The Morgan fingerprint density at radius 2 is 2.08 bits per heavy atom. The second-order valence-electron chi connectivity index (χ2n) is 6.70. The van der Waals surface area contributed by atoms with Crippen molar-refractivity contribution in [2.24, 2.45) is 10.9 Å². The molecule has 1 aromatic rings. The number of nitrogens with zero attached hydrogens (tertiary/aromatic N) is 3. The summed E-state index contributed by atoms with van der Waals surface area (Å²) in [6, 6.07) is 8.48. The van der Waals surface area contributed by atoms with E-state index in [2.05, 4.69) is 55.9 Å². The number of amides is 1. The van der Waals surface area contributed by atoms with Crippen molar-refractivity contribution in [1.82, 2.24) is 8.43 Å². The van der Waals surface area contributed by atoms with Gasteiger partial charge >= 0.3 is 0 Å². The molecule has 0 unspecified atom stereocenters. The SMILES string of the molecule is O=C(CC1CCN(C2=NC3=CCc4ccccc4N3C=C2)CC1)NI. The van der Waals surface area contributed by atoms with Crippen molar-refractivity contribution in [3.05, 3.63) is 54.0 Å². The molecule has 0 atom stereocenters. The summed E-state index contributed by atoms with van der Waals surface area (Å²) in [5, 5.41) is 0. The van der Waals surface area contributed by atoms with E-state index in [1.165, 1.54) is 11.3 Å². The summed E-state index contributed by atoms with van der Waals surface area (Å²) in [5.74, 6) is 2.67. The number of fused-ring (bicyclic) bond motifs is 3. The second kappa shape index (κ2) is 7.19. The number of aliphatic imine (C=N–C) groups is 1. The molecule has 4 rings (SSSR count). The van der Waals surface area contributed by atoms with E-state index >= 15 is 0 Å². The predicted molar refractivity (Wildman–Crippen MR) is 108 cm³/mol. The van der Waals surface area contributed by atoms with E-state index < -0.39 is 0 Å². The molecule has 1 saturated heterocycles. The van der Waals surface area contributed by atoms with E-state index in [-0.39, 0.29) is 5.91 Å². The minimum atomic E-state index is 0.135. The van der Waals surface area contributed by atoms with Crippen LogP contribution in [0.15, 0.2) is 53.4 Å². The number of carbonyl (C=O) groups is 1. The lowest BCUT2D eigenvalue weighted by atomic mass is 9.93. The third-order valence-electron chi connectivity index (χ3n) is 5.12. The standard InChI is InChI=1S/C19H21IN4O/c20-22-19(25)13-14-7-10-23(11-8-14)17-9-12-24-16-4-2-1-3-15(16)5-6-18(24)21-17/h1-4,6,9,12,14H,5,7-8,10-11,13H2,(H,22,25). The molecule has 0 aliphatic carbocycles. The highest BCUT2D eigenvalue weighted by molar-refractivity contribution is 14.1. The van der Waals surface area contributed by atoms with E-state index in [1.54, 1.807) is 0 Å². The molecule has 6 heteroatoms. The summed E-state index contributed by atoms with van der Waals surface area (Å²) in [6.45, 7) is 1.93. The van der Waals surface area contributed by atoms with Gasteiger partial charge in [0, 0.05) is 25.7 Å². The van der Waals surface area contributed by atoms with Gasteiger partial charge in [-0.3, -0.25) is 8.32 Å². The molecule has 3 aliphatic heterocycles. The Bertz CT molecular complexity index is 762. The number of allylic oxidation sites excluding steroid dienone is 1. The fraction of sp³-hybridized carbons (Fsp3) is 0.368. The second-order valence-corrected chi connectivity index (χ2v) is 7.24. The lowest BCUT2D eigenvalue weighted by molar-refractivity contribution is -0.120. The van der Waals surface area contributed by atoms with Crippen LogP contribution in [-0.2, 0) is 11.2 Å². The molecular formula is C19H21IN4O. The molecule has 0 spiro atoms. The maximum absolute atomic E-state index is 11.5. The molecule has 1 amide bonds. The summed E-state index contributed by atoms with van der Waals surface area (Å²) >= 11 is 1.92. The van der Waals surface area contributed by atoms with Crippen molar-refractivity contribution in [2.75, 3.05) is 18.0 Å². The van der Waals surface area contributed by atoms with Gasteiger partial charge in [-0.1, -0.05) is 18.2 Å². The molecule has 0 saturated carbocycles. The Morgan fingerprint density at radius 3 is 2.88 bits per heavy atom. The monoisotopic (exact) mass is 448 g/mol. The van der Waals surface area contributed by atoms with Gasteiger partial charge in [0.1, 0.15) is 11.7 Å². The highest BCUT2D eigenvalue weighted by Gasteiger charge is 2.26. The topological polar surface area (TPSA) is 47.9 Å². The average Bonchev–Trinajstić information content (AvgIpc) is 2.68. The van der Waals surface area contributed by atoms with Gasteiger partial charge in [-0.15, -0.1) is 0 Å². The van der Waals surface area contributed by atoms with E-state index in [0.29, 0.717) is 12.3 Å². The number of hydrogen-bond donors (Lipinski definition) is 1. The molecule has 3 aliphatic rings. The third kappa shape index (κ3) is 3.44. The van der Waals surface area contributed by atoms with Crippen LogP contribution in [0.25, 0.3) is 0 Å². The largest absolute Gasteiger partial charge is 0.356 e. The van der Waals surface area contributed by atoms with Gasteiger partial charge in [0.05, 0.1) is 28.6 Å². The number of halogens is 1. The summed E-state index contributed by atoms with van der Waals surface area (Å²) in [5.41, 5.74) is 2.56. The first-order valence-corrected chi connectivity index (χ1v) is 9.81. The maximum atomic E-state index is 11.5. The Kier molecular flexibility index (Phi) is 4.78. The fourth-order valence-electron chi connectivity index (χ4n) is 3.74. The molecule has 25 heavy (non-hydrogen) atoms. The first-order chi connectivity index (χ1) is 12.2. The molecule has 5 nitrogen and oxygen atoms in total. The van der Waals surface area contributed by atoms with Crippen molar-refractivity contribution in [3.8, 4) is 0 Å². The number of nitrogens with one attached hydrogen (secondary N) is 1. The molecule has 1 fully saturated rings. The fourth-order valence-corrected chi connectivity index (χ4v) is 3.96. The number of piperidine rings is 1. The van der Waals surface area contributed by atoms with Crippen LogP contribution in [-0.4, -0.2) is 29.7 Å². The molecule has 0 radical (unpaired) electrons. The van der Waals surface area contributed by atoms with Crippen LogP contribution in [0.4, 0.5) is 5.69 Å². The molecule has 3 heterocycles. The van der Waals surface area contributed by atoms with Crippen molar-refractivity contribution in [3.63, 3.8) is 0 Å². The van der Waals surface area contributed by atoms with Crippen LogP contribution < -0.4 is 8.43 Å². The molecule has 0 aromatic heterocycles. The number of rotatable bonds is 2. The highest BCUT2D eigenvalue weighted by atomic mass is 127. The third-order valence-corrected chi connectivity index (χ3v) is 5.72. The summed E-state index contributed by atoms with van der Waals surface area (Å²) in [6.07, 6.45) is 10.1. The van der Waals surface area contributed by atoms with E-state index in [9.17, 15) is 4.79 Å². The Morgan fingerprint density at radius 1 is 1.28 bits per heavy atom. The smallest absolute Gasteiger partial charge is 0.228 e. The number of benzene rings is 1. The lowest BCUT2D eigenvalue weighted by Gasteiger charge is -2.36. The van der Waals surface area contributed by atoms with Gasteiger partial charge in [-0.2, -0.15) is 0 Å². The van der Waals surface area contributed by atoms with E-state index in [0.717, 1.165) is 44.0 Å². The first kappa shape index (κ1) is 16.6. The van der Waals surface area contributed by atoms with Crippen LogP contribution in [0.1, 0.15) is 24.8 Å². The van der Waals surface area contributed by atoms with Crippen molar-refractivity contribution in [2.45, 2.75) is 25.7 Å². The van der Waals surface area contributed by atoms with Gasteiger partial charge in [0.2, 0.25) is 5.91 Å². The summed E-state index contributed by atoms with van der Waals surface area (Å²) < 4.78 is 2.70. The number of anilines is 1. The molecule has 0 bridgehead atoms. The minimum Gasteiger partial charge on any atom is -0.356 e. The van der Waals surface area contributed by atoms with Crippen molar-refractivity contribution >= 4 is 40.3 Å². The number of likely N-dealkylation sites (tertiary alicyclic amines) is 1. The van der Waals surface area contributed by atoms with E-state index in [4.69, 9.17) is 4.99 Å². The normalized spacial score (nSPS) is 19.7. The van der Waals surface area contributed by atoms with Crippen LogP contribution >= 0.6 is 22.9 Å². The zero-order chi connectivity index (χ0) is 17.2. The zero-order valence-corrected chi connectivity index (χ0v) is 16.1. The van der Waals surface area contributed by atoms with Crippen LogP contribution in [0.3, 0.4) is 0 Å². The summed E-state index contributed by atoms with van der Waals surface area (Å²) in [4.78, 5) is 20.9. The van der Waals surface area contributed by atoms with E-state index in [1.807, 2.05) is 22.9 Å². The number of hydrogen-bond acceptors (Lipinski definition) is 4. The Balaban J connectivity index is 1.43. The molecular weight excluding hydrogens is 427 g/mol. The predicted octanol–water partition coefficient (Wildman–Crippen LogP) is 3.38. The van der Waals surface area contributed by atoms with Crippen molar-refractivity contribution in [1.29, 1.82) is 0 Å². The lowest BCUT2D eigenvalue weighted by Crippen LogP contribution is -2.40. The Labute approximate surface area is 162 Å². The maximum Gasteiger partial charge on any atom is 0.228 e. The summed E-state index contributed by atoms with van der Waals surface area (Å²) in [7, 11) is 0. The van der Waals surface area contributed by atoms with Gasteiger partial charge in [0.15, 0.2) is 0 Å². The first-order valence-electron chi connectivity index (χ1n) is 8.73. The van der Waals surface area contributed by atoms with Gasteiger partial charge < -0.3 is 9.80 Å². The average molecular weight is 448 g/mol. The van der Waals surface area contributed by atoms with Crippen LogP contribution in [0.5, 0.6) is 0 Å². The number of para-hydroxylation sites is 1. The number of carbonyl (C=O) groups excluding carboxylic acids is 1. The molecule has 1 aromatic carbocycles. The van der Waals surface area contributed by atoms with Crippen LogP contribution in [0.2, 0.25) is 0 Å². The van der Waals surface area contributed by atoms with Gasteiger partial charge in [-0.25, -0.2) is 4.99 Å². The van der Waals surface area contributed by atoms with Gasteiger partial charge in [0.25, 0.3) is 0 Å². The van der Waals surface area contributed by atoms with Crippen LogP contribution in [0, 0.1) is 5.92 Å². The van der Waals surface area contributed by atoms with Crippen molar-refractivity contribution < 1.29 is 4.79 Å². The molecule has 1 N–H and O–H groups in total. The Hall–Kier alpha value is -1.83. The van der Waals surface area contributed by atoms with Gasteiger partial charge in [-0.05, 0) is 49.0 Å². The molecule has 130 valence electrons. The zero-order valence-electron chi connectivity index (χ0n) is 14.0. The quantitative estimate of drug-likeness (QED) is 0.558. The minimum absolute atomic E-state index is 0.135. The highest BCUT2D eigenvalue weighted by Crippen LogP contribution is 2.32.